The fraction of sp³-hybridized carbons (Fsp3) is 0.462. The zero-order valence-electron chi connectivity index (χ0n) is 18.1. The van der Waals surface area contributed by atoms with Gasteiger partial charge in [0.2, 0.25) is 0 Å². The molecule has 0 heterocycles. The van der Waals surface area contributed by atoms with E-state index in [4.69, 9.17) is 0 Å². The average molecular weight is 379 g/mol. The normalized spacial score (nSPS) is 15.5. The van der Waals surface area contributed by atoms with Crippen LogP contribution in [0.5, 0.6) is 0 Å². The largest absolute Gasteiger partial charge is 0.289 e. The topological polar surface area (TPSA) is 34.1 Å². The van der Waals surface area contributed by atoms with E-state index in [0.717, 1.165) is 12.3 Å². The maximum Gasteiger partial charge on any atom is 0.190 e. The number of hydrogen-bond acceptors (Lipinski definition) is 2. The van der Waals surface area contributed by atoms with Gasteiger partial charge in [0.1, 0.15) is 0 Å². The summed E-state index contributed by atoms with van der Waals surface area (Å²) in [6.45, 7) is 10.5. The molecule has 2 heteroatoms. The number of fused-ring (bicyclic) bond motifs is 1. The van der Waals surface area contributed by atoms with Gasteiger partial charge in [-0.05, 0) is 65.7 Å². The van der Waals surface area contributed by atoms with Gasteiger partial charge in [-0.25, -0.2) is 0 Å². The third-order valence-electron chi connectivity index (χ3n) is 5.62. The van der Waals surface area contributed by atoms with Gasteiger partial charge in [0, 0.05) is 22.3 Å². The third kappa shape index (κ3) is 5.89. The van der Waals surface area contributed by atoms with Gasteiger partial charge in [-0.3, -0.25) is 9.59 Å². The van der Waals surface area contributed by atoms with E-state index >= 15 is 0 Å². The summed E-state index contributed by atoms with van der Waals surface area (Å²) in [5.74, 6) is 0.730. The smallest absolute Gasteiger partial charge is 0.190 e. The lowest BCUT2D eigenvalue weighted by atomic mass is 9.83. The SMILES string of the molecule is CC(C)=CCCC(C)CCC/C(C)=C/CC1=C(C)C(=O)c2ccccc2C1=O. The molecule has 0 fully saturated rings. The minimum absolute atomic E-state index is 0.00430. The van der Waals surface area contributed by atoms with E-state index in [1.54, 1.807) is 19.1 Å². The molecule has 0 saturated carbocycles. The minimum atomic E-state index is -0.0126. The first-order valence-electron chi connectivity index (χ1n) is 10.5. The van der Waals surface area contributed by atoms with E-state index in [9.17, 15) is 9.59 Å². The van der Waals surface area contributed by atoms with E-state index in [-0.39, 0.29) is 11.6 Å². The van der Waals surface area contributed by atoms with Crippen molar-refractivity contribution in [3.8, 4) is 0 Å². The summed E-state index contributed by atoms with van der Waals surface area (Å²) < 4.78 is 0. The standard InChI is InChI=1S/C26H34O2/c1-18(2)10-8-11-19(3)12-9-13-20(4)16-17-22-21(5)25(27)23-14-6-7-15-24(23)26(22)28/h6-7,10,14-16,19H,8-9,11-13,17H2,1-5H3/b20-16+. The number of carbonyl (C=O) groups excluding carboxylic acids is 2. The Labute approximate surface area is 170 Å². The van der Waals surface area contributed by atoms with E-state index in [2.05, 4.69) is 39.8 Å². The Balaban J connectivity index is 1.89. The molecule has 1 aliphatic rings. The summed E-state index contributed by atoms with van der Waals surface area (Å²) in [6, 6.07) is 7.14. The second-order valence-electron chi connectivity index (χ2n) is 8.42. The van der Waals surface area contributed by atoms with Crippen LogP contribution in [0.3, 0.4) is 0 Å². The summed E-state index contributed by atoms with van der Waals surface area (Å²) in [6.07, 6.45) is 10.9. The van der Waals surface area contributed by atoms with Crippen LogP contribution in [-0.2, 0) is 0 Å². The number of carbonyl (C=O) groups is 2. The van der Waals surface area contributed by atoms with Gasteiger partial charge >= 0.3 is 0 Å². The molecule has 1 unspecified atom stereocenters. The van der Waals surface area contributed by atoms with Crippen LogP contribution in [-0.4, -0.2) is 11.6 Å². The van der Waals surface area contributed by atoms with Crippen molar-refractivity contribution in [1.82, 2.24) is 0 Å². The van der Waals surface area contributed by atoms with E-state index < -0.39 is 0 Å². The van der Waals surface area contributed by atoms with Crippen LogP contribution in [0.25, 0.3) is 0 Å². The van der Waals surface area contributed by atoms with Crippen molar-refractivity contribution in [1.29, 1.82) is 0 Å². The molecule has 0 saturated heterocycles. The molecule has 0 amide bonds. The molecular weight excluding hydrogens is 344 g/mol. The number of hydrogen-bond donors (Lipinski definition) is 0. The molecule has 1 aromatic carbocycles. The van der Waals surface area contributed by atoms with Crippen molar-refractivity contribution in [3.05, 3.63) is 69.8 Å². The van der Waals surface area contributed by atoms with E-state index in [0.29, 0.717) is 28.7 Å². The molecule has 1 aromatic rings. The number of rotatable bonds is 9. The molecule has 2 rings (SSSR count). The summed E-state index contributed by atoms with van der Waals surface area (Å²) >= 11 is 0. The number of ketones is 2. The number of Topliss-reactive ketones (excluding diaryl/α,β-unsaturated/α-hetero) is 2. The van der Waals surface area contributed by atoms with Crippen LogP contribution in [0.1, 0.15) is 93.9 Å². The summed E-state index contributed by atoms with van der Waals surface area (Å²) in [5, 5.41) is 0. The molecule has 0 N–H and O–H groups in total. The highest BCUT2D eigenvalue weighted by molar-refractivity contribution is 6.26. The minimum Gasteiger partial charge on any atom is -0.289 e. The molecule has 0 aromatic heterocycles. The van der Waals surface area contributed by atoms with E-state index in [1.165, 1.54) is 36.8 Å². The first-order valence-corrected chi connectivity index (χ1v) is 10.5. The predicted molar refractivity (Wildman–Crippen MR) is 118 cm³/mol. The van der Waals surface area contributed by atoms with Gasteiger partial charge in [0.25, 0.3) is 0 Å². The molecule has 2 nitrogen and oxygen atoms in total. The first-order chi connectivity index (χ1) is 13.3. The second-order valence-corrected chi connectivity index (χ2v) is 8.42. The number of allylic oxidation sites excluding steroid dienone is 6. The summed E-state index contributed by atoms with van der Waals surface area (Å²) in [4.78, 5) is 25.4. The number of benzene rings is 1. The van der Waals surface area contributed by atoms with Crippen LogP contribution in [0.4, 0.5) is 0 Å². The van der Waals surface area contributed by atoms with Crippen molar-refractivity contribution in [2.75, 3.05) is 0 Å². The highest BCUT2D eigenvalue weighted by Crippen LogP contribution is 2.28. The maximum atomic E-state index is 12.8. The van der Waals surface area contributed by atoms with Gasteiger partial charge < -0.3 is 0 Å². The van der Waals surface area contributed by atoms with Crippen molar-refractivity contribution in [2.45, 2.75) is 73.1 Å². The monoisotopic (exact) mass is 378 g/mol. The van der Waals surface area contributed by atoms with Gasteiger partial charge in [-0.2, -0.15) is 0 Å². The summed E-state index contributed by atoms with van der Waals surface area (Å²) in [7, 11) is 0. The molecule has 0 radical (unpaired) electrons. The predicted octanol–water partition coefficient (Wildman–Crippen LogP) is 7.27. The van der Waals surface area contributed by atoms with Crippen molar-refractivity contribution < 1.29 is 9.59 Å². The molecule has 0 spiro atoms. The second kappa shape index (κ2) is 10.4. The van der Waals surface area contributed by atoms with Gasteiger partial charge in [0.15, 0.2) is 11.6 Å². The Hall–Kier alpha value is -2.22. The summed E-state index contributed by atoms with van der Waals surface area (Å²) in [5.41, 5.74) is 5.03. The van der Waals surface area contributed by atoms with Crippen LogP contribution in [0.15, 0.2) is 58.7 Å². The Morgan fingerprint density at radius 2 is 1.61 bits per heavy atom. The fourth-order valence-corrected chi connectivity index (χ4v) is 3.71. The van der Waals surface area contributed by atoms with Gasteiger partial charge in [-0.1, -0.05) is 60.9 Å². The average Bonchev–Trinajstić information content (AvgIpc) is 2.66. The van der Waals surface area contributed by atoms with Crippen LogP contribution < -0.4 is 0 Å². The lowest BCUT2D eigenvalue weighted by Crippen LogP contribution is -2.20. The molecule has 28 heavy (non-hydrogen) atoms. The highest BCUT2D eigenvalue weighted by atomic mass is 16.1. The van der Waals surface area contributed by atoms with Crippen LogP contribution in [0.2, 0.25) is 0 Å². The Morgan fingerprint density at radius 1 is 0.964 bits per heavy atom. The van der Waals surface area contributed by atoms with Crippen molar-refractivity contribution >= 4 is 11.6 Å². The Morgan fingerprint density at radius 3 is 2.25 bits per heavy atom. The van der Waals surface area contributed by atoms with Crippen LogP contribution >= 0.6 is 0 Å². The van der Waals surface area contributed by atoms with Crippen molar-refractivity contribution in [3.63, 3.8) is 0 Å². The molecule has 150 valence electrons. The third-order valence-corrected chi connectivity index (χ3v) is 5.62. The maximum absolute atomic E-state index is 12.8. The van der Waals surface area contributed by atoms with Crippen LogP contribution in [0, 0.1) is 5.92 Å². The lowest BCUT2D eigenvalue weighted by molar-refractivity contribution is 0.0973. The van der Waals surface area contributed by atoms with Crippen molar-refractivity contribution in [2.24, 2.45) is 5.92 Å². The zero-order chi connectivity index (χ0) is 20.7. The quantitative estimate of drug-likeness (QED) is 0.423. The molecule has 0 bridgehead atoms. The Bertz CT molecular complexity index is 817. The van der Waals surface area contributed by atoms with Gasteiger partial charge in [0.05, 0.1) is 0 Å². The zero-order valence-corrected chi connectivity index (χ0v) is 18.1. The van der Waals surface area contributed by atoms with Gasteiger partial charge in [-0.15, -0.1) is 0 Å². The first kappa shape index (κ1) is 22.1. The fourth-order valence-electron chi connectivity index (χ4n) is 3.71. The molecular formula is C26H34O2. The molecule has 1 atom stereocenters. The molecule has 1 aliphatic carbocycles. The van der Waals surface area contributed by atoms with E-state index in [1.807, 2.05) is 12.1 Å². The molecule has 0 aliphatic heterocycles. The lowest BCUT2D eigenvalue weighted by Gasteiger charge is -2.18. The Kier molecular flexibility index (Phi) is 8.17. The highest BCUT2D eigenvalue weighted by Gasteiger charge is 2.28.